The normalized spacial score (nSPS) is 27.0. The first-order valence-corrected chi connectivity index (χ1v) is 10.6. The van der Waals surface area contributed by atoms with Gasteiger partial charge in [0.25, 0.3) is 0 Å². The van der Waals surface area contributed by atoms with Gasteiger partial charge in [-0.2, -0.15) is 11.8 Å². The van der Waals surface area contributed by atoms with Crippen molar-refractivity contribution in [2.45, 2.75) is 45.8 Å². The van der Waals surface area contributed by atoms with E-state index in [-0.39, 0.29) is 0 Å². The number of hydrogen-bond acceptors (Lipinski definition) is 3. The second-order valence-corrected chi connectivity index (χ2v) is 8.60. The van der Waals surface area contributed by atoms with Crippen molar-refractivity contribution >= 4 is 17.7 Å². The van der Waals surface area contributed by atoms with Gasteiger partial charge in [0.15, 0.2) is 5.96 Å². The predicted molar refractivity (Wildman–Crippen MR) is 103 cm³/mol. The van der Waals surface area contributed by atoms with E-state index in [0.717, 1.165) is 49.2 Å². The molecule has 23 heavy (non-hydrogen) atoms. The van der Waals surface area contributed by atoms with Crippen LogP contribution in [0.15, 0.2) is 4.99 Å². The maximum atomic E-state index is 5.00. The highest BCUT2D eigenvalue weighted by Gasteiger charge is 2.26. The summed E-state index contributed by atoms with van der Waals surface area (Å²) in [5.41, 5.74) is 0. The van der Waals surface area contributed by atoms with Crippen LogP contribution in [0.1, 0.15) is 40.5 Å². The third kappa shape index (κ3) is 5.86. The summed E-state index contributed by atoms with van der Waals surface area (Å²) in [4.78, 5) is 10.1. The summed E-state index contributed by atoms with van der Waals surface area (Å²) in [5.74, 6) is 3.85. The van der Waals surface area contributed by atoms with Crippen LogP contribution in [0.25, 0.3) is 0 Å². The Morgan fingerprint density at radius 2 is 2.09 bits per heavy atom. The fourth-order valence-electron chi connectivity index (χ4n) is 3.49. The van der Waals surface area contributed by atoms with Crippen molar-refractivity contribution in [1.82, 2.24) is 15.1 Å². The summed E-state index contributed by atoms with van der Waals surface area (Å²) in [7, 11) is 0. The highest BCUT2D eigenvalue weighted by atomic mass is 32.2. The lowest BCUT2D eigenvalue weighted by Crippen LogP contribution is -2.49. The highest BCUT2D eigenvalue weighted by Crippen LogP contribution is 2.25. The molecule has 5 heteroatoms. The molecule has 2 unspecified atom stereocenters. The lowest BCUT2D eigenvalue weighted by Gasteiger charge is -2.36. The largest absolute Gasteiger partial charge is 0.357 e. The SMILES string of the molecule is CCCN1CCC(CN=C(NCC)N2CCSC(C(C)C)C2)C1. The molecule has 0 aliphatic carbocycles. The Labute approximate surface area is 147 Å². The fraction of sp³-hybridized carbons (Fsp3) is 0.944. The van der Waals surface area contributed by atoms with Gasteiger partial charge >= 0.3 is 0 Å². The number of nitrogens with zero attached hydrogens (tertiary/aromatic N) is 3. The van der Waals surface area contributed by atoms with Crippen LogP contribution in [-0.4, -0.2) is 72.6 Å². The first-order chi connectivity index (χ1) is 11.1. The molecule has 0 amide bonds. The molecule has 0 aromatic heterocycles. The van der Waals surface area contributed by atoms with E-state index in [0.29, 0.717) is 0 Å². The van der Waals surface area contributed by atoms with Crippen LogP contribution in [0.4, 0.5) is 0 Å². The molecule has 134 valence electrons. The zero-order chi connectivity index (χ0) is 16.7. The molecular weight excluding hydrogens is 304 g/mol. The number of likely N-dealkylation sites (tertiary alicyclic amines) is 1. The Morgan fingerprint density at radius 1 is 1.26 bits per heavy atom. The van der Waals surface area contributed by atoms with Gasteiger partial charge in [-0.25, -0.2) is 0 Å². The van der Waals surface area contributed by atoms with Gasteiger partial charge < -0.3 is 15.1 Å². The van der Waals surface area contributed by atoms with Gasteiger partial charge in [-0.05, 0) is 44.7 Å². The summed E-state index contributed by atoms with van der Waals surface area (Å²) in [6.45, 7) is 17.1. The van der Waals surface area contributed by atoms with Crippen LogP contribution in [0.3, 0.4) is 0 Å². The lowest BCUT2D eigenvalue weighted by atomic mass is 10.1. The number of hydrogen-bond donors (Lipinski definition) is 1. The summed E-state index contributed by atoms with van der Waals surface area (Å²) in [6, 6.07) is 0. The first-order valence-electron chi connectivity index (χ1n) is 9.51. The molecule has 2 heterocycles. The molecule has 2 aliphatic rings. The van der Waals surface area contributed by atoms with Gasteiger partial charge in [0.05, 0.1) is 0 Å². The number of nitrogens with one attached hydrogen (secondary N) is 1. The predicted octanol–water partition coefficient (Wildman–Crippen LogP) is 2.76. The maximum Gasteiger partial charge on any atom is 0.193 e. The van der Waals surface area contributed by atoms with Crippen molar-refractivity contribution in [3.8, 4) is 0 Å². The first kappa shape index (κ1) is 18.9. The van der Waals surface area contributed by atoms with E-state index >= 15 is 0 Å². The van der Waals surface area contributed by atoms with Crippen molar-refractivity contribution in [2.24, 2.45) is 16.8 Å². The molecule has 0 saturated carbocycles. The van der Waals surface area contributed by atoms with Crippen molar-refractivity contribution in [3.05, 3.63) is 0 Å². The molecule has 0 aromatic rings. The van der Waals surface area contributed by atoms with Gasteiger partial charge in [-0.1, -0.05) is 20.8 Å². The van der Waals surface area contributed by atoms with Gasteiger partial charge in [0, 0.05) is 43.7 Å². The molecule has 0 spiro atoms. The molecule has 2 aliphatic heterocycles. The van der Waals surface area contributed by atoms with Crippen molar-refractivity contribution < 1.29 is 0 Å². The van der Waals surface area contributed by atoms with E-state index in [9.17, 15) is 0 Å². The molecular formula is C18H36N4S. The van der Waals surface area contributed by atoms with Gasteiger partial charge in [-0.15, -0.1) is 0 Å². The molecule has 2 saturated heterocycles. The Morgan fingerprint density at radius 3 is 2.78 bits per heavy atom. The van der Waals surface area contributed by atoms with E-state index in [1.807, 2.05) is 0 Å². The number of rotatable bonds is 6. The average Bonchev–Trinajstić information content (AvgIpc) is 2.99. The standard InChI is InChI=1S/C18H36N4S/c1-5-8-21-9-7-16(13-21)12-20-18(19-6-2)22-10-11-23-17(14-22)15(3)4/h15-17H,5-14H2,1-4H3,(H,19,20). The van der Waals surface area contributed by atoms with Crippen LogP contribution in [0.5, 0.6) is 0 Å². The number of thioether (sulfide) groups is 1. The van der Waals surface area contributed by atoms with Gasteiger partial charge in [-0.3, -0.25) is 4.99 Å². The maximum absolute atomic E-state index is 5.00. The number of guanidine groups is 1. The van der Waals surface area contributed by atoms with Crippen molar-refractivity contribution in [1.29, 1.82) is 0 Å². The van der Waals surface area contributed by atoms with E-state index in [1.54, 1.807) is 0 Å². The van der Waals surface area contributed by atoms with Crippen LogP contribution >= 0.6 is 11.8 Å². The van der Waals surface area contributed by atoms with Crippen LogP contribution in [0.2, 0.25) is 0 Å². The minimum Gasteiger partial charge on any atom is -0.357 e. The summed E-state index contributed by atoms with van der Waals surface area (Å²) >= 11 is 2.13. The van der Waals surface area contributed by atoms with Gasteiger partial charge in [0.1, 0.15) is 0 Å². The molecule has 4 nitrogen and oxygen atoms in total. The summed E-state index contributed by atoms with van der Waals surface area (Å²) in [5, 5.41) is 4.26. The topological polar surface area (TPSA) is 30.9 Å². The van der Waals surface area contributed by atoms with Crippen molar-refractivity contribution in [2.75, 3.05) is 51.6 Å². The van der Waals surface area contributed by atoms with E-state index in [4.69, 9.17) is 4.99 Å². The number of aliphatic imine (C=N–C) groups is 1. The minimum atomic E-state index is 0.735. The zero-order valence-electron chi connectivity index (χ0n) is 15.6. The molecule has 0 bridgehead atoms. The third-order valence-corrected chi connectivity index (χ3v) is 6.42. The second-order valence-electron chi connectivity index (χ2n) is 7.25. The Hall–Kier alpha value is -0.420. The van der Waals surface area contributed by atoms with E-state index < -0.39 is 0 Å². The van der Waals surface area contributed by atoms with Crippen LogP contribution in [0, 0.1) is 11.8 Å². The highest BCUT2D eigenvalue weighted by molar-refractivity contribution is 8.00. The van der Waals surface area contributed by atoms with E-state index in [2.05, 4.69) is 54.6 Å². The lowest BCUT2D eigenvalue weighted by molar-refractivity contribution is 0.325. The van der Waals surface area contributed by atoms with Crippen LogP contribution < -0.4 is 5.32 Å². The van der Waals surface area contributed by atoms with Gasteiger partial charge in [0.2, 0.25) is 0 Å². The van der Waals surface area contributed by atoms with E-state index in [1.165, 1.54) is 38.2 Å². The molecule has 1 N–H and O–H groups in total. The third-order valence-electron chi connectivity index (χ3n) is 4.88. The fourth-order valence-corrected chi connectivity index (χ4v) is 4.79. The molecule has 0 aromatic carbocycles. The summed E-state index contributed by atoms with van der Waals surface area (Å²) < 4.78 is 0. The second kappa shape index (κ2) is 9.77. The summed E-state index contributed by atoms with van der Waals surface area (Å²) in [6.07, 6.45) is 2.58. The Bertz CT molecular complexity index is 372. The van der Waals surface area contributed by atoms with Crippen LogP contribution in [-0.2, 0) is 0 Å². The molecule has 2 fully saturated rings. The molecule has 2 rings (SSSR count). The zero-order valence-corrected chi connectivity index (χ0v) is 16.4. The minimum absolute atomic E-state index is 0.735. The Kier molecular flexibility index (Phi) is 8.04. The smallest absolute Gasteiger partial charge is 0.193 e. The average molecular weight is 341 g/mol. The Balaban J connectivity index is 1.89. The monoisotopic (exact) mass is 340 g/mol. The molecule has 2 atom stereocenters. The van der Waals surface area contributed by atoms with Crippen molar-refractivity contribution in [3.63, 3.8) is 0 Å². The molecule has 0 radical (unpaired) electrons. The quantitative estimate of drug-likeness (QED) is 0.595.